The molecule has 1 unspecified atom stereocenters. The minimum absolute atomic E-state index is 0.0603. The normalized spacial score (nSPS) is 11.9. The second-order valence-electron chi connectivity index (χ2n) is 4.25. The number of phenols is 1. The van der Waals surface area contributed by atoms with Crippen molar-refractivity contribution in [2.24, 2.45) is 0 Å². The van der Waals surface area contributed by atoms with E-state index in [0.29, 0.717) is 12.1 Å². The van der Waals surface area contributed by atoms with Crippen LogP contribution in [-0.4, -0.2) is 17.6 Å². The molecule has 0 radical (unpaired) electrons. The fourth-order valence-electron chi connectivity index (χ4n) is 1.72. The van der Waals surface area contributed by atoms with Crippen LogP contribution in [0.5, 0.6) is 5.75 Å². The lowest BCUT2D eigenvalue weighted by Gasteiger charge is -2.12. The molecule has 0 spiro atoms. The Balaban J connectivity index is 1.97. The molecule has 0 saturated carbocycles. The smallest absolute Gasteiger partial charge is 0.251 e. The summed E-state index contributed by atoms with van der Waals surface area (Å²) in [6.07, 6.45) is 0. The number of carbonyl (C=O) groups is 1. The van der Waals surface area contributed by atoms with Crippen molar-refractivity contribution in [3.05, 3.63) is 63.2 Å². The molecule has 20 heavy (non-hydrogen) atoms. The molecule has 1 atom stereocenters. The first-order valence-corrected chi connectivity index (χ1v) is 8.03. The van der Waals surface area contributed by atoms with Crippen molar-refractivity contribution < 1.29 is 9.90 Å². The molecule has 0 saturated heterocycles. The highest BCUT2D eigenvalue weighted by Gasteiger charge is 2.11. The molecule has 104 valence electrons. The fourth-order valence-corrected chi connectivity index (χ4v) is 2.52. The molecule has 2 N–H and O–H groups in total. The lowest BCUT2D eigenvalue weighted by atomic mass is 10.1. The van der Waals surface area contributed by atoms with E-state index in [1.165, 1.54) is 6.07 Å². The highest BCUT2D eigenvalue weighted by atomic mass is 127. The van der Waals surface area contributed by atoms with E-state index >= 15 is 0 Å². The van der Waals surface area contributed by atoms with Gasteiger partial charge in [-0.3, -0.25) is 4.79 Å². The first kappa shape index (κ1) is 15.3. The molecule has 5 heteroatoms. The van der Waals surface area contributed by atoms with Crippen molar-refractivity contribution in [3.63, 3.8) is 0 Å². The molecule has 0 aliphatic heterocycles. The summed E-state index contributed by atoms with van der Waals surface area (Å²) in [7, 11) is 0. The van der Waals surface area contributed by atoms with Gasteiger partial charge in [0.25, 0.3) is 5.91 Å². The van der Waals surface area contributed by atoms with E-state index < -0.39 is 0 Å². The number of rotatable bonds is 4. The number of halogens is 2. The Bertz CT molecular complexity index is 604. The Hall–Kier alpha value is -1.08. The molecule has 0 heterocycles. The Labute approximate surface area is 139 Å². The van der Waals surface area contributed by atoms with Gasteiger partial charge >= 0.3 is 0 Å². The summed E-state index contributed by atoms with van der Waals surface area (Å²) < 4.78 is 0.724. The van der Waals surface area contributed by atoms with Gasteiger partial charge in [-0.2, -0.15) is 0 Å². The first-order valence-electron chi connectivity index (χ1n) is 6.03. The van der Waals surface area contributed by atoms with Gasteiger partial charge in [-0.1, -0.05) is 46.3 Å². The summed E-state index contributed by atoms with van der Waals surface area (Å²) in [5, 5.41) is 12.5. The lowest BCUT2D eigenvalue weighted by Crippen LogP contribution is -2.26. The molecule has 1 amide bonds. The highest BCUT2D eigenvalue weighted by molar-refractivity contribution is 14.1. The predicted octanol–water partition coefficient (Wildman–Crippen LogP) is 3.86. The predicted molar refractivity (Wildman–Crippen MR) is 91.3 cm³/mol. The minimum Gasteiger partial charge on any atom is -0.507 e. The van der Waals surface area contributed by atoms with E-state index in [9.17, 15) is 9.90 Å². The summed E-state index contributed by atoms with van der Waals surface area (Å²) in [5.41, 5.74) is 1.56. The van der Waals surface area contributed by atoms with Gasteiger partial charge in [0.05, 0.1) is 8.40 Å². The number of carbonyl (C=O) groups excluding carboxylic acids is 1. The number of aromatic hydroxyl groups is 1. The van der Waals surface area contributed by atoms with Gasteiger partial charge in [0, 0.05) is 12.1 Å². The van der Waals surface area contributed by atoms with Crippen LogP contribution in [0.4, 0.5) is 0 Å². The van der Waals surface area contributed by atoms with E-state index in [0.717, 1.165) is 9.13 Å². The second-order valence-corrected chi connectivity index (χ2v) is 6.52. The molecule has 2 aromatic rings. The lowest BCUT2D eigenvalue weighted by molar-refractivity contribution is 0.0953. The number of phenolic OH excluding ortho intramolecular Hbond substituents is 1. The number of hydrogen-bond acceptors (Lipinski definition) is 2. The maximum Gasteiger partial charge on any atom is 0.251 e. The summed E-state index contributed by atoms with van der Waals surface area (Å²) in [6, 6.07) is 14.8. The van der Waals surface area contributed by atoms with Crippen LogP contribution in [-0.2, 0) is 0 Å². The van der Waals surface area contributed by atoms with Crippen LogP contribution in [0, 0.1) is 3.57 Å². The van der Waals surface area contributed by atoms with E-state index in [4.69, 9.17) is 0 Å². The highest BCUT2D eigenvalue weighted by Crippen LogP contribution is 2.22. The zero-order valence-corrected chi connectivity index (χ0v) is 14.3. The maximum absolute atomic E-state index is 12.0. The van der Waals surface area contributed by atoms with Crippen LogP contribution < -0.4 is 5.32 Å². The molecule has 0 aromatic heterocycles. The maximum atomic E-state index is 12.0. The van der Waals surface area contributed by atoms with Crippen molar-refractivity contribution in [2.45, 2.75) is 4.83 Å². The minimum atomic E-state index is -0.197. The average molecular weight is 446 g/mol. The van der Waals surface area contributed by atoms with E-state index in [1.54, 1.807) is 12.1 Å². The Morgan fingerprint density at radius 3 is 2.60 bits per heavy atom. The van der Waals surface area contributed by atoms with Gasteiger partial charge in [0.2, 0.25) is 0 Å². The first-order chi connectivity index (χ1) is 9.58. The molecule has 3 nitrogen and oxygen atoms in total. The summed E-state index contributed by atoms with van der Waals surface area (Å²) in [4.78, 5) is 12.1. The number of benzene rings is 2. The van der Waals surface area contributed by atoms with Gasteiger partial charge in [-0.25, -0.2) is 0 Å². The van der Waals surface area contributed by atoms with Crippen LogP contribution in [0.1, 0.15) is 20.7 Å². The van der Waals surface area contributed by atoms with Gasteiger partial charge in [-0.15, -0.1) is 0 Å². The van der Waals surface area contributed by atoms with E-state index in [-0.39, 0.29) is 16.5 Å². The summed E-state index contributed by atoms with van der Waals surface area (Å²) in [6.45, 7) is 0.482. The molecule has 2 aromatic carbocycles. The van der Waals surface area contributed by atoms with E-state index in [2.05, 4.69) is 21.2 Å². The zero-order valence-electron chi connectivity index (χ0n) is 10.5. The van der Waals surface area contributed by atoms with Crippen molar-refractivity contribution in [1.82, 2.24) is 5.32 Å². The topological polar surface area (TPSA) is 49.3 Å². The third-order valence-corrected chi connectivity index (χ3v) is 4.58. The largest absolute Gasteiger partial charge is 0.507 e. The molecule has 0 aliphatic rings. The SMILES string of the molecule is O=C(NCC(Br)c1ccccc1)c1ccc(I)c(O)c1. The number of hydrogen-bond donors (Lipinski definition) is 2. The fraction of sp³-hybridized carbons (Fsp3) is 0.133. The van der Waals surface area contributed by atoms with Crippen molar-refractivity contribution in [3.8, 4) is 5.75 Å². The van der Waals surface area contributed by atoms with Gasteiger partial charge in [0.15, 0.2) is 0 Å². The van der Waals surface area contributed by atoms with Crippen molar-refractivity contribution in [1.29, 1.82) is 0 Å². The standard InChI is InChI=1S/C15H13BrINO2/c16-12(10-4-2-1-3-5-10)9-18-15(20)11-6-7-13(17)14(19)8-11/h1-8,12,19H,9H2,(H,18,20). The van der Waals surface area contributed by atoms with Crippen LogP contribution in [0.3, 0.4) is 0 Å². The molecule has 0 fully saturated rings. The Kier molecular flexibility index (Phi) is 5.42. The molecule has 0 aliphatic carbocycles. The number of amides is 1. The zero-order chi connectivity index (χ0) is 14.5. The monoisotopic (exact) mass is 445 g/mol. The van der Waals surface area contributed by atoms with Crippen LogP contribution >= 0.6 is 38.5 Å². The molecule has 2 rings (SSSR count). The van der Waals surface area contributed by atoms with Crippen molar-refractivity contribution >= 4 is 44.4 Å². The molecule has 0 bridgehead atoms. The number of nitrogens with one attached hydrogen (secondary N) is 1. The van der Waals surface area contributed by atoms with Crippen molar-refractivity contribution in [2.75, 3.05) is 6.54 Å². The third-order valence-electron chi connectivity index (χ3n) is 2.81. The summed E-state index contributed by atoms with van der Waals surface area (Å²) in [5.74, 6) is -0.0752. The van der Waals surface area contributed by atoms with E-state index in [1.807, 2.05) is 52.9 Å². The Morgan fingerprint density at radius 1 is 1.25 bits per heavy atom. The molecular formula is C15H13BrINO2. The third kappa shape index (κ3) is 3.96. The van der Waals surface area contributed by atoms with Gasteiger partial charge in [0.1, 0.15) is 5.75 Å². The van der Waals surface area contributed by atoms with Gasteiger partial charge in [-0.05, 0) is 46.4 Å². The molecular weight excluding hydrogens is 433 g/mol. The van der Waals surface area contributed by atoms with Crippen LogP contribution in [0.25, 0.3) is 0 Å². The average Bonchev–Trinajstić information content (AvgIpc) is 2.48. The quantitative estimate of drug-likeness (QED) is 0.554. The van der Waals surface area contributed by atoms with Crippen LogP contribution in [0.2, 0.25) is 0 Å². The number of alkyl halides is 1. The van der Waals surface area contributed by atoms with Crippen LogP contribution in [0.15, 0.2) is 48.5 Å². The summed E-state index contributed by atoms with van der Waals surface area (Å²) >= 11 is 5.56. The second kappa shape index (κ2) is 7.08. The van der Waals surface area contributed by atoms with Gasteiger partial charge < -0.3 is 10.4 Å². The Morgan fingerprint density at radius 2 is 1.95 bits per heavy atom.